The Morgan fingerprint density at radius 1 is 1.33 bits per heavy atom. The van der Waals surface area contributed by atoms with E-state index < -0.39 is 0 Å². The van der Waals surface area contributed by atoms with Crippen molar-refractivity contribution in [3.8, 4) is 0 Å². The molecule has 0 atom stereocenters. The van der Waals surface area contributed by atoms with Crippen LogP contribution in [0.1, 0.15) is 20.8 Å². The fourth-order valence-electron chi connectivity index (χ4n) is 1.95. The van der Waals surface area contributed by atoms with E-state index in [1.54, 1.807) is 0 Å². The zero-order valence-electron chi connectivity index (χ0n) is 11.4. The van der Waals surface area contributed by atoms with Crippen molar-refractivity contribution in [3.05, 3.63) is 24.3 Å². The molecule has 4 heteroatoms. The van der Waals surface area contributed by atoms with Gasteiger partial charge < -0.3 is 0 Å². The number of aryl methyl sites for hydroxylation is 1. The van der Waals surface area contributed by atoms with Crippen molar-refractivity contribution in [1.82, 2.24) is 4.57 Å². The number of rotatable bonds is 2. The second-order valence-corrected chi connectivity index (χ2v) is 5.67. The van der Waals surface area contributed by atoms with Crippen LogP contribution in [0.5, 0.6) is 0 Å². The zero-order valence-corrected chi connectivity index (χ0v) is 11.4. The summed E-state index contributed by atoms with van der Waals surface area (Å²) in [6.45, 7) is 6.10. The van der Waals surface area contributed by atoms with Crippen LogP contribution in [-0.2, 0) is 18.4 Å². The molecule has 1 aromatic heterocycles. The average Bonchev–Trinajstić information content (AvgIpc) is 2.54. The fourth-order valence-corrected chi connectivity index (χ4v) is 1.95. The molecule has 1 heterocycles. The van der Waals surface area contributed by atoms with E-state index in [4.69, 9.17) is 5.73 Å². The molecule has 0 aliphatic heterocycles. The van der Waals surface area contributed by atoms with Gasteiger partial charge in [0.2, 0.25) is 0 Å². The standard InChI is InChI=1S/C14H19N3O/c1-14(2,3)12(18)9-17-11-8-6-5-7-10(11)16(4)13(17)15/h5-8,15H,9H2,1-4H3/p+1. The summed E-state index contributed by atoms with van der Waals surface area (Å²) in [6.07, 6.45) is 0. The highest BCUT2D eigenvalue weighted by Gasteiger charge is 2.26. The summed E-state index contributed by atoms with van der Waals surface area (Å²) >= 11 is 0. The van der Waals surface area contributed by atoms with Gasteiger partial charge in [0.25, 0.3) is 0 Å². The highest BCUT2D eigenvalue weighted by molar-refractivity contribution is 5.85. The van der Waals surface area contributed by atoms with Gasteiger partial charge in [-0.05, 0) is 12.1 Å². The lowest BCUT2D eigenvalue weighted by Crippen LogP contribution is -2.33. The molecule has 2 rings (SSSR count). The van der Waals surface area contributed by atoms with E-state index in [2.05, 4.69) is 0 Å². The van der Waals surface area contributed by atoms with E-state index in [9.17, 15) is 4.79 Å². The average molecular weight is 246 g/mol. The summed E-state index contributed by atoms with van der Waals surface area (Å²) in [7, 11) is 1.91. The summed E-state index contributed by atoms with van der Waals surface area (Å²) in [5, 5.41) is 0. The molecule has 4 nitrogen and oxygen atoms in total. The number of imidazole rings is 1. The lowest BCUT2D eigenvalue weighted by Gasteiger charge is -2.15. The number of nitrogen functional groups attached to an aromatic ring is 1. The second-order valence-electron chi connectivity index (χ2n) is 5.67. The Bertz CT molecular complexity index is 605. The molecule has 2 N–H and O–H groups in total. The minimum atomic E-state index is -0.351. The molecule has 0 bridgehead atoms. The molecule has 1 aromatic carbocycles. The third-order valence-corrected chi connectivity index (χ3v) is 3.29. The molecule has 0 amide bonds. The van der Waals surface area contributed by atoms with Crippen LogP contribution >= 0.6 is 0 Å². The number of benzene rings is 1. The molecule has 0 aliphatic carbocycles. The molecule has 96 valence electrons. The maximum absolute atomic E-state index is 12.2. The van der Waals surface area contributed by atoms with Gasteiger partial charge in [-0.2, -0.15) is 0 Å². The first kappa shape index (κ1) is 12.6. The predicted octanol–water partition coefficient (Wildman–Crippen LogP) is 1.66. The number of nitrogens with two attached hydrogens (primary N) is 1. The molecular weight excluding hydrogens is 226 g/mol. The topological polar surface area (TPSA) is 51.9 Å². The quantitative estimate of drug-likeness (QED) is 0.819. The second kappa shape index (κ2) is 4.12. The third kappa shape index (κ3) is 1.98. The van der Waals surface area contributed by atoms with Gasteiger partial charge >= 0.3 is 5.95 Å². The van der Waals surface area contributed by atoms with Crippen molar-refractivity contribution < 1.29 is 9.36 Å². The van der Waals surface area contributed by atoms with Gasteiger partial charge in [-0.15, -0.1) is 0 Å². The van der Waals surface area contributed by atoms with Crippen molar-refractivity contribution in [2.24, 2.45) is 12.5 Å². The van der Waals surface area contributed by atoms with E-state index in [1.807, 2.05) is 61.2 Å². The van der Waals surface area contributed by atoms with Crippen LogP contribution in [-0.4, -0.2) is 10.4 Å². The zero-order chi connectivity index (χ0) is 13.5. The normalized spacial score (nSPS) is 12.0. The highest BCUT2D eigenvalue weighted by Crippen LogP contribution is 2.20. The van der Waals surface area contributed by atoms with Crippen molar-refractivity contribution >= 4 is 22.8 Å². The molecule has 0 spiro atoms. The number of aromatic nitrogens is 2. The van der Waals surface area contributed by atoms with Crippen molar-refractivity contribution in [1.29, 1.82) is 0 Å². The van der Waals surface area contributed by atoms with Crippen molar-refractivity contribution in [2.45, 2.75) is 27.3 Å². The number of anilines is 1. The smallest absolute Gasteiger partial charge is 0.295 e. The molecule has 0 unspecified atom stereocenters. The molecule has 0 radical (unpaired) electrons. The minimum Gasteiger partial charge on any atom is -0.295 e. The summed E-state index contributed by atoms with van der Waals surface area (Å²) in [6, 6.07) is 7.92. The van der Waals surface area contributed by atoms with Gasteiger partial charge in [-0.3, -0.25) is 10.5 Å². The summed E-state index contributed by atoms with van der Waals surface area (Å²) in [4.78, 5) is 12.2. The Kier molecular flexibility index (Phi) is 2.89. The van der Waals surface area contributed by atoms with E-state index in [1.165, 1.54) is 0 Å². The Hall–Kier alpha value is -1.84. The number of carbonyl (C=O) groups is 1. The third-order valence-electron chi connectivity index (χ3n) is 3.29. The van der Waals surface area contributed by atoms with Gasteiger partial charge in [0.15, 0.2) is 5.78 Å². The molecular formula is C14H20N3O+. The maximum Gasteiger partial charge on any atom is 0.356 e. The minimum absolute atomic E-state index is 0.176. The van der Waals surface area contributed by atoms with E-state index >= 15 is 0 Å². The van der Waals surface area contributed by atoms with Crippen molar-refractivity contribution in [2.75, 3.05) is 5.73 Å². The summed E-state index contributed by atoms with van der Waals surface area (Å²) < 4.78 is 3.79. The number of fused-ring (bicyclic) bond motifs is 1. The molecule has 18 heavy (non-hydrogen) atoms. The van der Waals surface area contributed by atoms with E-state index in [0.29, 0.717) is 12.5 Å². The predicted molar refractivity (Wildman–Crippen MR) is 72.0 cm³/mol. The van der Waals surface area contributed by atoms with Gasteiger partial charge in [0.1, 0.15) is 17.6 Å². The number of Topliss-reactive ketones (excluding diaryl/α,β-unsaturated/α-hetero) is 1. The lowest BCUT2D eigenvalue weighted by molar-refractivity contribution is -0.630. The van der Waals surface area contributed by atoms with Crippen LogP contribution in [0.4, 0.5) is 5.95 Å². The number of nitrogens with zero attached hydrogens (tertiary/aromatic N) is 2. The molecule has 0 saturated carbocycles. The Morgan fingerprint density at radius 2 is 1.94 bits per heavy atom. The molecule has 0 aliphatic rings. The number of ketones is 1. The molecule has 2 aromatic rings. The maximum atomic E-state index is 12.2. The van der Waals surface area contributed by atoms with Gasteiger partial charge in [-0.25, -0.2) is 9.13 Å². The van der Waals surface area contributed by atoms with Crippen LogP contribution in [0.3, 0.4) is 0 Å². The fraction of sp³-hybridized carbons (Fsp3) is 0.429. The van der Waals surface area contributed by atoms with Crippen LogP contribution in [0.15, 0.2) is 24.3 Å². The highest BCUT2D eigenvalue weighted by atomic mass is 16.1. The van der Waals surface area contributed by atoms with Gasteiger partial charge in [0.05, 0.1) is 7.05 Å². The van der Waals surface area contributed by atoms with E-state index in [-0.39, 0.29) is 11.2 Å². The van der Waals surface area contributed by atoms with Crippen LogP contribution in [0, 0.1) is 5.41 Å². The molecule has 0 saturated heterocycles. The van der Waals surface area contributed by atoms with Gasteiger partial charge in [-0.1, -0.05) is 32.9 Å². The summed E-state index contributed by atoms with van der Waals surface area (Å²) in [5.74, 6) is 0.782. The SMILES string of the molecule is C[n+]1c(N)n(CC(=O)C(C)(C)C)c2ccccc21. The Morgan fingerprint density at radius 3 is 2.56 bits per heavy atom. The van der Waals surface area contributed by atoms with Crippen LogP contribution < -0.4 is 10.3 Å². The monoisotopic (exact) mass is 246 g/mol. The van der Waals surface area contributed by atoms with Crippen LogP contribution in [0.25, 0.3) is 11.0 Å². The van der Waals surface area contributed by atoms with Crippen molar-refractivity contribution in [3.63, 3.8) is 0 Å². The Balaban J connectivity index is 2.52. The first-order chi connectivity index (χ1) is 8.32. The molecule has 0 fully saturated rings. The Labute approximate surface area is 107 Å². The largest absolute Gasteiger partial charge is 0.356 e. The number of para-hydroxylation sites is 2. The lowest BCUT2D eigenvalue weighted by atomic mass is 9.91. The van der Waals surface area contributed by atoms with Gasteiger partial charge in [0, 0.05) is 5.41 Å². The van der Waals surface area contributed by atoms with E-state index in [0.717, 1.165) is 11.0 Å². The first-order valence-electron chi connectivity index (χ1n) is 6.08. The number of hydrogen-bond acceptors (Lipinski definition) is 2. The van der Waals surface area contributed by atoms with Crippen LogP contribution in [0.2, 0.25) is 0 Å². The number of hydrogen-bond donors (Lipinski definition) is 1. The first-order valence-corrected chi connectivity index (χ1v) is 6.08. The summed E-state index contributed by atoms with van der Waals surface area (Å²) in [5.41, 5.74) is 7.76. The number of carbonyl (C=O) groups excluding carboxylic acids is 1.